The first-order valence-electron chi connectivity index (χ1n) is 6.99. The normalized spacial score (nSPS) is 11.6. The van der Waals surface area contributed by atoms with Gasteiger partial charge in [-0.1, -0.05) is 25.5 Å². The molecule has 0 fully saturated rings. The van der Waals surface area contributed by atoms with Crippen molar-refractivity contribution in [3.63, 3.8) is 0 Å². The summed E-state index contributed by atoms with van der Waals surface area (Å²) in [5, 5.41) is 14.4. The van der Waals surface area contributed by atoms with Crippen molar-refractivity contribution in [2.45, 2.75) is 19.8 Å². The fourth-order valence-corrected chi connectivity index (χ4v) is 2.01. The summed E-state index contributed by atoms with van der Waals surface area (Å²) in [5.74, 6) is -1.43. The molecule has 0 saturated heterocycles. The van der Waals surface area contributed by atoms with E-state index in [-0.39, 0.29) is 6.54 Å². The van der Waals surface area contributed by atoms with E-state index in [0.29, 0.717) is 12.1 Å². The number of nitrogens with zero attached hydrogens (tertiary/aromatic N) is 1. The Balaban J connectivity index is 2.60. The molecule has 0 spiro atoms. The van der Waals surface area contributed by atoms with Crippen LogP contribution < -0.4 is 15.5 Å². The standard InChI is InChI=1S/C15H23N3O3/c1-4-7-11(14(19)20)10-16-15(21)17-12-8-5-6-9-13(12)18(2)3/h5-6,8-9,11H,4,7,10H2,1-3H3,(H,19,20)(H2,16,17,21). The van der Waals surface area contributed by atoms with Crippen LogP contribution in [0.2, 0.25) is 0 Å². The molecule has 0 aromatic heterocycles. The minimum Gasteiger partial charge on any atom is -0.481 e. The first-order chi connectivity index (χ1) is 9.95. The quantitative estimate of drug-likeness (QED) is 0.721. The Morgan fingerprint density at radius 3 is 2.52 bits per heavy atom. The van der Waals surface area contributed by atoms with Crippen LogP contribution in [-0.2, 0) is 4.79 Å². The summed E-state index contributed by atoms with van der Waals surface area (Å²) < 4.78 is 0. The first kappa shape index (κ1) is 16.8. The average molecular weight is 293 g/mol. The second-order valence-corrected chi connectivity index (χ2v) is 5.07. The van der Waals surface area contributed by atoms with E-state index in [0.717, 1.165) is 12.1 Å². The Labute approximate surface area is 125 Å². The fourth-order valence-electron chi connectivity index (χ4n) is 2.01. The Morgan fingerprint density at radius 1 is 1.29 bits per heavy atom. The number of benzene rings is 1. The van der Waals surface area contributed by atoms with E-state index < -0.39 is 17.9 Å². The molecule has 116 valence electrons. The molecule has 6 heteroatoms. The lowest BCUT2D eigenvalue weighted by Crippen LogP contribution is -2.36. The van der Waals surface area contributed by atoms with Crippen molar-refractivity contribution >= 4 is 23.4 Å². The molecule has 0 aliphatic carbocycles. The molecule has 1 aromatic carbocycles. The third kappa shape index (κ3) is 5.33. The summed E-state index contributed by atoms with van der Waals surface area (Å²) in [6.07, 6.45) is 1.31. The van der Waals surface area contributed by atoms with Crippen LogP contribution in [0.15, 0.2) is 24.3 Å². The maximum Gasteiger partial charge on any atom is 0.319 e. The molecule has 0 bridgehead atoms. The van der Waals surface area contributed by atoms with Gasteiger partial charge in [-0.2, -0.15) is 0 Å². The summed E-state index contributed by atoms with van der Waals surface area (Å²) >= 11 is 0. The second-order valence-electron chi connectivity index (χ2n) is 5.07. The van der Waals surface area contributed by atoms with Gasteiger partial charge in [0.25, 0.3) is 0 Å². The molecule has 1 rings (SSSR count). The number of nitrogens with one attached hydrogen (secondary N) is 2. The number of carbonyl (C=O) groups excluding carboxylic acids is 1. The van der Waals surface area contributed by atoms with Gasteiger partial charge in [0.05, 0.1) is 17.3 Å². The smallest absolute Gasteiger partial charge is 0.319 e. The van der Waals surface area contributed by atoms with Crippen molar-refractivity contribution < 1.29 is 14.7 Å². The van der Waals surface area contributed by atoms with Crippen LogP contribution in [0.3, 0.4) is 0 Å². The number of carbonyl (C=O) groups is 2. The highest BCUT2D eigenvalue weighted by atomic mass is 16.4. The lowest BCUT2D eigenvalue weighted by atomic mass is 10.0. The number of hydrogen-bond donors (Lipinski definition) is 3. The molecule has 1 aromatic rings. The topological polar surface area (TPSA) is 81.7 Å². The highest BCUT2D eigenvalue weighted by Gasteiger charge is 2.17. The summed E-state index contributed by atoms with van der Waals surface area (Å²) in [5.41, 5.74) is 1.57. The Hall–Kier alpha value is -2.24. The van der Waals surface area contributed by atoms with E-state index in [4.69, 9.17) is 5.11 Å². The predicted molar refractivity (Wildman–Crippen MR) is 83.8 cm³/mol. The predicted octanol–water partition coefficient (Wildman–Crippen LogP) is 2.38. The van der Waals surface area contributed by atoms with Gasteiger partial charge in [0.1, 0.15) is 0 Å². The minimum atomic E-state index is -0.883. The molecule has 0 heterocycles. The van der Waals surface area contributed by atoms with Crippen LogP contribution in [0.25, 0.3) is 0 Å². The van der Waals surface area contributed by atoms with Crippen LogP contribution in [-0.4, -0.2) is 37.7 Å². The molecule has 1 unspecified atom stereocenters. The number of anilines is 2. The maximum absolute atomic E-state index is 11.9. The van der Waals surface area contributed by atoms with Crippen LogP contribution in [0.4, 0.5) is 16.2 Å². The number of aliphatic carboxylic acids is 1. The largest absolute Gasteiger partial charge is 0.481 e. The molecular formula is C15H23N3O3. The summed E-state index contributed by atoms with van der Waals surface area (Å²) in [6.45, 7) is 2.04. The van der Waals surface area contributed by atoms with Gasteiger partial charge in [0.2, 0.25) is 0 Å². The molecule has 0 aliphatic heterocycles. The monoisotopic (exact) mass is 293 g/mol. The maximum atomic E-state index is 11.9. The van der Waals surface area contributed by atoms with Crippen LogP contribution >= 0.6 is 0 Å². The lowest BCUT2D eigenvalue weighted by molar-refractivity contribution is -0.141. The van der Waals surface area contributed by atoms with Gasteiger partial charge < -0.3 is 20.6 Å². The molecule has 6 nitrogen and oxygen atoms in total. The van der Waals surface area contributed by atoms with E-state index in [2.05, 4.69) is 10.6 Å². The number of carboxylic acids is 1. The first-order valence-corrected chi connectivity index (χ1v) is 6.99. The fraction of sp³-hybridized carbons (Fsp3) is 0.467. The van der Waals surface area contributed by atoms with Gasteiger partial charge in [-0.05, 0) is 18.6 Å². The van der Waals surface area contributed by atoms with E-state index >= 15 is 0 Å². The zero-order valence-electron chi connectivity index (χ0n) is 12.7. The summed E-state index contributed by atoms with van der Waals surface area (Å²) in [7, 11) is 3.78. The van der Waals surface area contributed by atoms with Crippen molar-refractivity contribution in [3.8, 4) is 0 Å². The van der Waals surface area contributed by atoms with Gasteiger partial charge in [0.15, 0.2) is 0 Å². The molecule has 1 atom stereocenters. The van der Waals surface area contributed by atoms with Crippen molar-refractivity contribution in [1.82, 2.24) is 5.32 Å². The van der Waals surface area contributed by atoms with Crippen LogP contribution in [0.1, 0.15) is 19.8 Å². The highest BCUT2D eigenvalue weighted by molar-refractivity contribution is 5.93. The Morgan fingerprint density at radius 2 is 1.95 bits per heavy atom. The number of amides is 2. The van der Waals surface area contributed by atoms with Crippen molar-refractivity contribution in [3.05, 3.63) is 24.3 Å². The average Bonchev–Trinajstić information content (AvgIpc) is 2.43. The number of hydrogen-bond acceptors (Lipinski definition) is 3. The number of para-hydroxylation sites is 2. The lowest BCUT2D eigenvalue weighted by Gasteiger charge is -2.18. The van der Waals surface area contributed by atoms with E-state index in [1.807, 2.05) is 44.1 Å². The molecular weight excluding hydrogens is 270 g/mol. The molecule has 21 heavy (non-hydrogen) atoms. The number of rotatable bonds is 7. The third-order valence-corrected chi connectivity index (χ3v) is 3.13. The van der Waals surface area contributed by atoms with Crippen molar-refractivity contribution in [2.75, 3.05) is 30.9 Å². The molecule has 2 amide bonds. The van der Waals surface area contributed by atoms with Gasteiger partial charge in [0, 0.05) is 20.6 Å². The second kappa shape index (κ2) is 8.14. The van der Waals surface area contributed by atoms with E-state index in [9.17, 15) is 9.59 Å². The van der Waals surface area contributed by atoms with E-state index in [1.165, 1.54) is 0 Å². The number of carboxylic acid groups (broad SMARTS) is 1. The van der Waals surface area contributed by atoms with Gasteiger partial charge in [-0.15, -0.1) is 0 Å². The van der Waals surface area contributed by atoms with Crippen molar-refractivity contribution in [1.29, 1.82) is 0 Å². The minimum absolute atomic E-state index is 0.124. The van der Waals surface area contributed by atoms with Crippen molar-refractivity contribution in [2.24, 2.45) is 5.92 Å². The molecule has 0 radical (unpaired) electrons. The number of urea groups is 1. The third-order valence-electron chi connectivity index (χ3n) is 3.13. The van der Waals surface area contributed by atoms with Gasteiger partial charge in [-0.3, -0.25) is 4.79 Å². The molecule has 0 saturated carbocycles. The Bertz CT molecular complexity index is 489. The Kier molecular flexibility index (Phi) is 6.52. The summed E-state index contributed by atoms with van der Waals surface area (Å²) in [6, 6.07) is 7.02. The SMILES string of the molecule is CCCC(CNC(=O)Nc1ccccc1N(C)C)C(=O)O. The highest BCUT2D eigenvalue weighted by Crippen LogP contribution is 2.23. The van der Waals surface area contributed by atoms with Gasteiger partial charge in [-0.25, -0.2) is 4.79 Å². The van der Waals surface area contributed by atoms with Gasteiger partial charge >= 0.3 is 12.0 Å². The van der Waals surface area contributed by atoms with Crippen LogP contribution in [0.5, 0.6) is 0 Å². The molecule has 3 N–H and O–H groups in total. The zero-order chi connectivity index (χ0) is 15.8. The molecule has 0 aliphatic rings. The van der Waals surface area contributed by atoms with Crippen LogP contribution in [0, 0.1) is 5.92 Å². The van der Waals surface area contributed by atoms with E-state index in [1.54, 1.807) is 6.07 Å². The zero-order valence-corrected chi connectivity index (χ0v) is 12.7. The summed E-state index contributed by atoms with van der Waals surface area (Å²) in [4.78, 5) is 24.8.